The fraction of sp³-hybridized carbons (Fsp3) is 0.429. The molecule has 0 aromatic heterocycles. The predicted molar refractivity (Wildman–Crippen MR) is 48.7 cm³/mol. The molecule has 0 saturated carbocycles. The molecule has 0 aliphatic heterocycles. The molecule has 9 heavy (non-hydrogen) atoms. The minimum absolute atomic E-state index is 0.825. The van der Waals surface area contributed by atoms with Crippen molar-refractivity contribution in [3.8, 4) is 12.3 Å². The number of thiol groups is 2. The van der Waals surface area contributed by atoms with Crippen LogP contribution in [0.4, 0.5) is 0 Å². The number of rotatable bonds is 3. The second kappa shape index (κ2) is 6.12. The summed E-state index contributed by atoms with van der Waals surface area (Å²) in [5.41, 5.74) is 0. The van der Waals surface area contributed by atoms with Crippen LogP contribution in [0.3, 0.4) is 0 Å². The van der Waals surface area contributed by atoms with Gasteiger partial charge in [-0.25, -0.2) is 0 Å². The molecule has 0 rings (SSSR count). The monoisotopic (exact) mass is 158 g/mol. The zero-order chi connectivity index (χ0) is 7.11. The van der Waals surface area contributed by atoms with Crippen LogP contribution < -0.4 is 0 Å². The quantitative estimate of drug-likeness (QED) is 0.352. The summed E-state index contributed by atoms with van der Waals surface area (Å²) in [5, 5.41) is 1.69. The summed E-state index contributed by atoms with van der Waals surface area (Å²) >= 11 is 8.05. The molecule has 0 spiro atoms. The topological polar surface area (TPSA) is 0 Å². The van der Waals surface area contributed by atoms with Crippen molar-refractivity contribution in [2.45, 2.75) is 19.3 Å². The van der Waals surface area contributed by atoms with Crippen LogP contribution in [0, 0.1) is 12.3 Å². The molecule has 50 valence electrons. The first-order valence-electron chi connectivity index (χ1n) is 2.77. The summed E-state index contributed by atoms with van der Waals surface area (Å²) in [6.45, 7) is 0. The van der Waals surface area contributed by atoms with Crippen LogP contribution in [-0.2, 0) is 0 Å². The standard InChI is InChI=1S/C7H10S2/c1-2-3-4-5-7(9)6-8/h1,6,8-9H,3-5H2. The zero-order valence-corrected chi connectivity index (χ0v) is 6.96. The van der Waals surface area contributed by atoms with Crippen LogP contribution in [0.25, 0.3) is 0 Å². The van der Waals surface area contributed by atoms with Crippen LogP contribution in [0.15, 0.2) is 10.3 Å². The molecule has 2 heteroatoms. The SMILES string of the molecule is C#CCCCC(S)=CS. The van der Waals surface area contributed by atoms with Gasteiger partial charge in [0.05, 0.1) is 0 Å². The van der Waals surface area contributed by atoms with Crippen LogP contribution >= 0.6 is 25.3 Å². The van der Waals surface area contributed by atoms with Crippen molar-refractivity contribution in [1.82, 2.24) is 0 Å². The van der Waals surface area contributed by atoms with Gasteiger partial charge in [0.1, 0.15) is 0 Å². The largest absolute Gasteiger partial charge is 0.151 e. The molecule has 0 atom stereocenters. The molecule has 0 aliphatic rings. The lowest BCUT2D eigenvalue weighted by atomic mass is 10.2. The van der Waals surface area contributed by atoms with E-state index in [0.29, 0.717) is 0 Å². The molecular weight excluding hydrogens is 148 g/mol. The Morgan fingerprint density at radius 2 is 2.33 bits per heavy atom. The Bertz CT molecular complexity index is 130. The van der Waals surface area contributed by atoms with Gasteiger partial charge in [0.25, 0.3) is 0 Å². The lowest BCUT2D eigenvalue weighted by Gasteiger charge is -1.92. The molecular formula is C7H10S2. The molecule has 0 bridgehead atoms. The lowest BCUT2D eigenvalue weighted by Crippen LogP contribution is -1.72. The molecule has 0 fully saturated rings. The highest BCUT2D eigenvalue weighted by Gasteiger charge is 1.86. The van der Waals surface area contributed by atoms with Crippen molar-refractivity contribution in [1.29, 1.82) is 0 Å². The molecule has 0 nitrogen and oxygen atoms in total. The van der Waals surface area contributed by atoms with Gasteiger partial charge < -0.3 is 0 Å². The van der Waals surface area contributed by atoms with E-state index in [1.807, 2.05) is 0 Å². The highest BCUT2D eigenvalue weighted by molar-refractivity contribution is 7.87. The number of unbranched alkanes of at least 4 members (excludes halogenated alkanes) is 1. The van der Waals surface area contributed by atoms with Crippen LogP contribution in [-0.4, -0.2) is 0 Å². The van der Waals surface area contributed by atoms with Crippen LogP contribution in [0.2, 0.25) is 0 Å². The number of hydrogen-bond donors (Lipinski definition) is 2. The van der Waals surface area contributed by atoms with Crippen molar-refractivity contribution in [3.05, 3.63) is 10.3 Å². The maximum atomic E-state index is 5.04. The Morgan fingerprint density at radius 3 is 2.78 bits per heavy atom. The minimum Gasteiger partial charge on any atom is -0.151 e. The van der Waals surface area contributed by atoms with E-state index in [1.54, 1.807) is 5.41 Å². The minimum atomic E-state index is 0.825. The zero-order valence-electron chi connectivity index (χ0n) is 5.17. The van der Waals surface area contributed by atoms with Crippen molar-refractivity contribution in [2.24, 2.45) is 0 Å². The number of terminal acetylenes is 1. The first kappa shape index (κ1) is 9.00. The van der Waals surface area contributed by atoms with Gasteiger partial charge in [0.2, 0.25) is 0 Å². The Hall–Kier alpha value is -0.000000000000000111. The molecule has 0 amide bonds. The average Bonchev–Trinajstić information content (AvgIpc) is 1.89. The molecule has 0 aromatic rings. The molecule has 0 N–H and O–H groups in total. The summed E-state index contributed by atoms with van der Waals surface area (Å²) in [7, 11) is 0. The second-order valence-corrected chi connectivity index (χ2v) is 2.51. The first-order chi connectivity index (χ1) is 4.31. The van der Waals surface area contributed by atoms with Crippen molar-refractivity contribution >= 4 is 25.3 Å². The van der Waals surface area contributed by atoms with E-state index in [4.69, 9.17) is 6.42 Å². The van der Waals surface area contributed by atoms with Gasteiger partial charge in [0.15, 0.2) is 0 Å². The van der Waals surface area contributed by atoms with E-state index in [0.717, 1.165) is 24.2 Å². The number of allylic oxidation sites excluding steroid dienone is 1. The molecule has 0 heterocycles. The molecule has 0 unspecified atom stereocenters. The van der Waals surface area contributed by atoms with Gasteiger partial charge >= 0.3 is 0 Å². The van der Waals surface area contributed by atoms with E-state index in [2.05, 4.69) is 31.2 Å². The van der Waals surface area contributed by atoms with Gasteiger partial charge in [-0.2, -0.15) is 12.6 Å². The third-order valence-corrected chi connectivity index (χ3v) is 1.77. The number of hydrogen-bond acceptors (Lipinski definition) is 2. The summed E-state index contributed by atoms with van der Waals surface area (Å²) in [4.78, 5) is 0.994. The predicted octanol–water partition coefficient (Wildman–Crippen LogP) is 2.49. The Kier molecular flexibility index (Phi) is 6.12. The summed E-state index contributed by atoms with van der Waals surface area (Å²) < 4.78 is 0. The highest BCUT2D eigenvalue weighted by atomic mass is 32.1. The van der Waals surface area contributed by atoms with Crippen molar-refractivity contribution < 1.29 is 0 Å². The maximum absolute atomic E-state index is 5.04. The van der Waals surface area contributed by atoms with Gasteiger partial charge in [-0.3, -0.25) is 0 Å². The van der Waals surface area contributed by atoms with Gasteiger partial charge in [0, 0.05) is 6.42 Å². The second-order valence-electron chi connectivity index (χ2n) is 1.68. The van der Waals surface area contributed by atoms with Crippen molar-refractivity contribution in [3.63, 3.8) is 0 Å². The lowest BCUT2D eigenvalue weighted by molar-refractivity contribution is 0.879. The molecule has 0 aromatic carbocycles. The normalized spacial score (nSPS) is 11.0. The molecule has 0 radical (unpaired) electrons. The Morgan fingerprint density at radius 1 is 1.67 bits per heavy atom. The highest BCUT2D eigenvalue weighted by Crippen LogP contribution is 2.10. The molecule has 0 saturated heterocycles. The van der Waals surface area contributed by atoms with Crippen LogP contribution in [0.1, 0.15) is 19.3 Å². The van der Waals surface area contributed by atoms with E-state index in [-0.39, 0.29) is 0 Å². The first-order valence-corrected chi connectivity index (χ1v) is 3.73. The smallest absolute Gasteiger partial charge is 0.00894 e. The fourth-order valence-electron chi connectivity index (χ4n) is 0.436. The average molecular weight is 158 g/mol. The van der Waals surface area contributed by atoms with E-state index >= 15 is 0 Å². The maximum Gasteiger partial charge on any atom is 0.00894 e. The third kappa shape index (κ3) is 5.88. The molecule has 0 aliphatic carbocycles. The van der Waals surface area contributed by atoms with Crippen LogP contribution in [0.5, 0.6) is 0 Å². The van der Waals surface area contributed by atoms with Gasteiger partial charge in [-0.15, -0.1) is 25.0 Å². The van der Waals surface area contributed by atoms with E-state index < -0.39 is 0 Å². The summed E-state index contributed by atoms with van der Waals surface area (Å²) in [6, 6.07) is 0. The Balaban J connectivity index is 3.20. The fourth-order valence-corrected chi connectivity index (χ4v) is 0.723. The van der Waals surface area contributed by atoms with Crippen molar-refractivity contribution in [2.75, 3.05) is 0 Å². The van der Waals surface area contributed by atoms with Gasteiger partial charge in [-0.1, -0.05) is 0 Å². The third-order valence-electron chi connectivity index (χ3n) is 0.903. The van der Waals surface area contributed by atoms with E-state index in [1.165, 1.54) is 0 Å². The summed E-state index contributed by atoms with van der Waals surface area (Å²) in [6.07, 6.45) is 7.82. The van der Waals surface area contributed by atoms with Gasteiger partial charge in [-0.05, 0) is 23.2 Å². The Labute approximate surface area is 67.5 Å². The summed E-state index contributed by atoms with van der Waals surface area (Å²) in [5.74, 6) is 2.56. The van der Waals surface area contributed by atoms with E-state index in [9.17, 15) is 0 Å².